The molecule has 0 radical (unpaired) electrons. The standard InChI is InChI=1S/C25H22Cl2N4O2S/c1-3-17-6-5-7-18(4-2)23(17)30-24(21-13-10-19(26)14-22(21)27)28-29-25(30)34-15-16-8-11-20(12-9-16)31(32)33/h5-14H,3-4,15H2,1-2H3. The minimum atomic E-state index is -0.399. The lowest BCUT2D eigenvalue weighted by Gasteiger charge is -2.18. The maximum absolute atomic E-state index is 11.0. The maximum atomic E-state index is 11.0. The summed E-state index contributed by atoms with van der Waals surface area (Å²) < 4.78 is 2.07. The summed E-state index contributed by atoms with van der Waals surface area (Å²) in [7, 11) is 0. The van der Waals surface area contributed by atoms with E-state index in [1.54, 1.807) is 24.3 Å². The van der Waals surface area contributed by atoms with Gasteiger partial charge in [0.1, 0.15) is 0 Å². The third kappa shape index (κ3) is 4.97. The van der Waals surface area contributed by atoms with Crippen LogP contribution in [0.25, 0.3) is 17.1 Å². The predicted octanol–water partition coefficient (Wildman–Crippen LogP) is 7.57. The highest BCUT2D eigenvalue weighted by atomic mass is 35.5. The number of benzene rings is 3. The molecule has 9 heteroatoms. The van der Waals surface area contributed by atoms with Crippen LogP contribution in [0.5, 0.6) is 0 Å². The highest BCUT2D eigenvalue weighted by molar-refractivity contribution is 7.98. The molecule has 174 valence electrons. The van der Waals surface area contributed by atoms with Crippen LogP contribution >= 0.6 is 35.0 Å². The van der Waals surface area contributed by atoms with Crippen molar-refractivity contribution in [3.05, 3.63) is 97.5 Å². The van der Waals surface area contributed by atoms with Crippen molar-refractivity contribution in [3.8, 4) is 17.1 Å². The van der Waals surface area contributed by atoms with Crippen LogP contribution in [0, 0.1) is 10.1 Å². The predicted molar refractivity (Wildman–Crippen MR) is 138 cm³/mol. The number of non-ortho nitro benzene ring substituents is 1. The summed E-state index contributed by atoms with van der Waals surface area (Å²) in [6.45, 7) is 4.25. The second kappa shape index (κ2) is 10.6. The fourth-order valence-electron chi connectivity index (χ4n) is 3.77. The molecule has 34 heavy (non-hydrogen) atoms. The van der Waals surface area contributed by atoms with Crippen LogP contribution in [0.3, 0.4) is 0 Å². The topological polar surface area (TPSA) is 73.8 Å². The van der Waals surface area contributed by atoms with Crippen molar-refractivity contribution in [2.45, 2.75) is 37.6 Å². The van der Waals surface area contributed by atoms with Gasteiger partial charge in [0, 0.05) is 28.5 Å². The average molecular weight is 513 g/mol. The van der Waals surface area contributed by atoms with Gasteiger partial charge >= 0.3 is 0 Å². The highest BCUT2D eigenvalue weighted by Crippen LogP contribution is 2.36. The van der Waals surface area contributed by atoms with Crippen molar-refractivity contribution >= 4 is 40.7 Å². The molecule has 0 fully saturated rings. The normalized spacial score (nSPS) is 11.1. The summed E-state index contributed by atoms with van der Waals surface area (Å²) in [4.78, 5) is 10.6. The summed E-state index contributed by atoms with van der Waals surface area (Å²) in [5.74, 6) is 1.23. The van der Waals surface area contributed by atoms with Gasteiger partial charge in [0.25, 0.3) is 5.69 Å². The number of hydrogen-bond donors (Lipinski definition) is 0. The molecule has 0 spiro atoms. The Morgan fingerprint density at radius 3 is 2.24 bits per heavy atom. The number of para-hydroxylation sites is 1. The van der Waals surface area contributed by atoms with E-state index in [2.05, 4.69) is 46.8 Å². The zero-order chi connectivity index (χ0) is 24.2. The molecular formula is C25H22Cl2N4O2S. The molecule has 0 aliphatic carbocycles. The van der Waals surface area contributed by atoms with Crippen molar-refractivity contribution in [1.29, 1.82) is 0 Å². The van der Waals surface area contributed by atoms with E-state index in [0.717, 1.165) is 34.8 Å². The third-order valence-electron chi connectivity index (χ3n) is 5.51. The van der Waals surface area contributed by atoms with Gasteiger partial charge in [0.15, 0.2) is 11.0 Å². The SMILES string of the molecule is CCc1cccc(CC)c1-n1c(SCc2ccc([N+](=O)[O-])cc2)nnc1-c1ccc(Cl)cc1Cl. The Balaban J connectivity index is 1.82. The minimum absolute atomic E-state index is 0.0704. The fraction of sp³-hybridized carbons (Fsp3) is 0.200. The summed E-state index contributed by atoms with van der Waals surface area (Å²) >= 11 is 14.2. The monoisotopic (exact) mass is 512 g/mol. The number of halogens is 2. The smallest absolute Gasteiger partial charge is 0.269 e. The van der Waals surface area contributed by atoms with Gasteiger partial charge in [-0.15, -0.1) is 10.2 Å². The Labute approximate surface area is 212 Å². The second-order valence-corrected chi connectivity index (χ2v) is 9.40. The molecule has 4 rings (SSSR count). The van der Waals surface area contributed by atoms with E-state index in [4.69, 9.17) is 23.2 Å². The van der Waals surface area contributed by atoms with E-state index in [0.29, 0.717) is 21.6 Å². The number of nitrogens with zero attached hydrogens (tertiary/aromatic N) is 4. The zero-order valence-electron chi connectivity index (χ0n) is 18.7. The van der Waals surface area contributed by atoms with Gasteiger partial charge in [-0.2, -0.15) is 0 Å². The number of hydrogen-bond acceptors (Lipinski definition) is 5. The first-order valence-electron chi connectivity index (χ1n) is 10.8. The molecular weight excluding hydrogens is 491 g/mol. The van der Waals surface area contributed by atoms with Gasteiger partial charge in [0.2, 0.25) is 0 Å². The van der Waals surface area contributed by atoms with Gasteiger partial charge in [-0.05, 0) is 47.7 Å². The van der Waals surface area contributed by atoms with Crippen LogP contribution in [0.1, 0.15) is 30.5 Å². The lowest BCUT2D eigenvalue weighted by atomic mass is 10.0. The Morgan fingerprint density at radius 1 is 0.971 bits per heavy atom. The largest absolute Gasteiger partial charge is 0.269 e. The molecule has 4 aromatic rings. The van der Waals surface area contributed by atoms with E-state index >= 15 is 0 Å². The third-order valence-corrected chi connectivity index (χ3v) is 7.06. The van der Waals surface area contributed by atoms with E-state index < -0.39 is 4.92 Å². The van der Waals surface area contributed by atoms with Crippen molar-refractivity contribution in [2.75, 3.05) is 0 Å². The molecule has 0 saturated carbocycles. The molecule has 1 heterocycles. The average Bonchev–Trinajstić information content (AvgIpc) is 3.25. The molecule has 0 amide bonds. The lowest BCUT2D eigenvalue weighted by molar-refractivity contribution is -0.384. The van der Waals surface area contributed by atoms with E-state index in [9.17, 15) is 10.1 Å². The molecule has 1 aromatic heterocycles. The lowest BCUT2D eigenvalue weighted by Crippen LogP contribution is -2.07. The number of aryl methyl sites for hydroxylation is 2. The molecule has 0 saturated heterocycles. The van der Waals surface area contributed by atoms with Gasteiger partial charge in [-0.3, -0.25) is 14.7 Å². The maximum Gasteiger partial charge on any atom is 0.269 e. The number of nitro benzene ring substituents is 1. The highest BCUT2D eigenvalue weighted by Gasteiger charge is 2.22. The van der Waals surface area contributed by atoms with E-state index in [-0.39, 0.29) is 5.69 Å². The number of nitro groups is 1. The van der Waals surface area contributed by atoms with Crippen molar-refractivity contribution in [3.63, 3.8) is 0 Å². The molecule has 0 aliphatic heterocycles. The van der Waals surface area contributed by atoms with Crippen LogP contribution in [0.4, 0.5) is 5.69 Å². The number of rotatable bonds is 8. The Morgan fingerprint density at radius 2 is 1.65 bits per heavy atom. The molecule has 0 atom stereocenters. The van der Waals surface area contributed by atoms with Crippen LogP contribution in [-0.4, -0.2) is 19.7 Å². The summed E-state index contributed by atoms with van der Waals surface area (Å²) in [5, 5.41) is 21.8. The zero-order valence-corrected chi connectivity index (χ0v) is 21.0. The van der Waals surface area contributed by atoms with Crippen LogP contribution < -0.4 is 0 Å². The quantitative estimate of drug-likeness (QED) is 0.138. The number of thioether (sulfide) groups is 1. The molecule has 6 nitrogen and oxygen atoms in total. The van der Waals surface area contributed by atoms with E-state index in [1.807, 2.05) is 6.07 Å². The molecule has 0 N–H and O–H groups in total. The summed E-state index contributed by atoms with van der Waals surface area (Å²) in [5.41, 5.74) is 5.19. The van der Waals surface area contributed by atoms with Crippen LogP contribution in [-0.2, 0) is 18.6 Å². The first-order chi connectivity index (χ1) is 16.4. The fourth-order valence-corrected chi connectivity index (χ4v) is 5.16. The van der Waals surface area contributed by atoms with Crippen LogP contribution in [0.2, 0.25) is 10.0 Å². The Kier molecular flexibility index (Phi) is 7.56. The van der Waals surface area contributed by atoms with E-state index in [1.165, 1.54) is 35.0 Å². The molecule has 0 aliphatic rings. The van der Waals surface area contributed by atoms with Gasteiger partial charge in [-0.1, -0.05) is 79.1 Å². The van der Waals surface area contributed by atoms with Gasteiger partial charge in [-0.25, -0.2) is 0 Å². The first-order valence-corrected chi connectivity index (χ1v) is 12.5. The minimum Gasteiger partial charge on any atom is -0.269 e. The Hall–Kier alpha value is -2.87. The van der Waals surface area contributed by atoms with Gasteiger partial charge in [0.05, 0.1) is 15.6 Å². The van der Waals surface area contributed by atoms with Crippen molar-refractivity contribution < 1.29 is 4.92 Å². The first kappa shape index (κ1) is 24.3. The second-order valence-electron chi connectivity index (χ2n) is 7.61. The number of aromatic nitrogens is 3. The molecule has 0 bridgehead atoms. The van der Waals surface area contributed by atoms with Crippen LogP contribution in [0.15, 0.2) is 65.8 Å². The summed E-state index contributed by atoms with van der Waals surface area (Å²) in [6, 6.07) is 18.2. The van der Waals surface area contributed by atoms with Crippen molar-refractivity contribution in [1.82, 2.24) is 14.8 Å². The summed E-state index contributed by atoms with van der Waals surface area (Å²) in [6.07, 6.45) is 1.70. The molecule has 3 aromatic carbocycles. The van der Waals surface area contributed by atoms with Crippen molar-refractivity contribution in [2.24, 2.45) is 0 Å². The van der Waals surface area contributed by atoms with Gasteiger partial charge < -0.3 is 0 Å². The Bertz CT molecular complexity index is 1320. The molecule has 0 unspecified atom stereocenters.